The van der Waals surface area contributed by atoms with Crippen molar-refractivity contribution in [1.82, 2.24) is 20.2 Å². The molecule has 0 aromatic carbocycles. The molecule has 0 aliphatic carbocycles. The van der Waals surface area contributed by atoms with E-state index in [-0.39, 0.29) is 18.3 Å². The van der Waals surface area contributed by atoms with Gasteiger partial charge in [0.05, 0.1) is 11.4 Å². The van der Waals surface area contributed by atoms with Gasteiger partial charge in [0.1, 0.15) is 0 Å². The molecule has 0 bridgehead atoms. The molecule has 2 rings (SSSR count). The van der Waals surface area contributed by atoms with Crippen LogP contribution in [0, 0.1) is 0 Å². The second-order valence-corrected chi connectivity index (χ2v) is 5.34. The van der Waals surface area contributed by atoms with Gasteiger partial charge in [-0.25, -0.2) is 5.43 Å². The number of nitrogens with one attached hydrogen (secondary N) is 1. The number of carbonyl (C=O) groups is 1. The van der Waals surface area contributed by atoms with Crippen LogP contribution in [-0.2, 0) is 4.79 Å². The molecule has 0 atom stereocenters. The van der Waals surface area contributed by atoms with E-state index in [2.05, 4.69) is 32.4 Å². The van der Waals surface area contributed by atoms with Crippen molar-refractivity contribution in [3.05, 3.63) is 30.1 Å². The first kappa shape index (κ1) is 18.5. The largest absolute Gasteiger partial charge is 0.304 e. The number of nitrogens with zero attached hydrogens (tertiary/aromatic N) is 4. The average Bonchev–Trinajstić information content (AvgIpc) is 2.53. The Balaban J connectivity index is 0.00000242. The van der Waals surface area contributed by atoms with Gasteiger partial charge in [-0.1, -0.05) is 6.07 Å². The van der Waals surface area contributed by atoms with Gasteiger partial charge in [0.2, 0.25) is 5.91 Å². The number of carbonyl (C=O) groups excluding carboxylic acids is 1. The van der Waals surface area contributed by atoms with Crippen LogP contribution >= 0.6 is 12.4 Å². The Morgan fingerprint density at radius 1 is 1.32 bits per heavy atom. The molecule has 6 nitrogen and oxygen atoms in total. The van der Waals surface area contributed by atoms with E-state index in [1.165, 1.54) is 0 Å². The lowest BCUT2D eigenvalue weighted by molar-refractivity contribution is -0.121. The minimum Gasteiger partial charge on any atom is -0.304 e. The van der Waals surface area contributed by atoms with Crippen LogP contribution in [0.2, 0.25) is 0 Å². The molecule has 0 unspecified atom stereocenters. The van der Waals surface area contributed by atoms with E-state index in [0.717, 1.165) is 38.4 Å². The summed E-state index contributed by atoms with van der Waals surface area (Å²) in [5, 5.41) is 4.10. The van der Waals surface area contributed by atoms with Crippen LogP contribution < -0.4 is 5.43 Å². The van der Waals surface area contributed by atoms with Gasteiger partial charge in [0.25, 0.3) is 0 Å². The number of amides is 1. The van der Waals surface area contributed by atoms with Crippen molar-refractivity contribution in [2.75, 3.05) is 39.8 Å². The van der Waals surface area contributed by atoms with E-state index in [9.17, 15) is 4.79 Å². The van der Waals surface area contributed by atoms with Crippen molar-refractivity contribution >= 4 is 24.0 Å². The maximum Gasteiger partial charge on any atom is 0.241 e. The molecule has 0 radical (unpaired) electrons. The van der Waals surface area contributed by atoms with Crippen LogP contribution in [0.5, 0.6) is 0 Å². The molecule has 1 aliphatic rings. The summed E-state index contributed by atoms with van der Waals surface area (Å²) in [7, 11) is 2.12. The predicted octanol–water partition coefficient (Wildman–Crippen LogP) is 0.981. The van der Waals surface area contributed by atoms with Crippen molar-refractivity contribution < 1.29 is 4.79 Å². The van der Waals surface area contributed by atoms with Gasteiger partial charge in [0.15, 0.2) is 0 Å². The predicted molar refractivity (Wildman–Crippen MR) is 90.4 cm³/mol. The molecule has 0 saturated carbocycles. The number of halogens is 1. The zero-order valence-corrected chi connectivity index (χ0v) is 14.0. The van der Waals surface area contributed by atoms with Crippen LogP contribution in [0.15, 0.2) is 29.5 Å². The standard InChI is InChI=1S/C15H23N5O.ClH/c1-13(14-5-3-4-7-16-14)17-18-15(21)6-8-20-11-9-19(2)10-12-20;/h3-5,7H,6,8-12H2,1-2H3,(H,18,21);1H/b17-13+;. The maximum absolute atomic E-state index is 11.8. The van der Waals surface area contributed by atoms with Crippen molar-refractivity contribution in [3.63, 3.8) is 0 Å². The second-order valence-electron chi connectivity index (χ2n) is 5.34. The quantitative estimate of drug-likeness (QED) is 0.647. The van der Waals surface area contributed by atoms with Gasteiger partial charge in [-0.3, -0.25) is 9.78 Å². The maximum atomic E-state index is 11.8. The molecule has 1 amide bonds. The molecule has 1 N–H and O–H groups in total. The molecule has 1 fully saturated rings. The summed E-state index contributed by atoms with van der Waals surface area (Å²) < 4.78 is 0. The molecule has 1 aromatic heterocycles. The fourth-order valence-corrected chi connectivity index (χ4v) is 2.17. The van der Waals surface area contributed by atoms with Gasteiger partial charge in [-0.2, -0.15) is 5.10 Å². The van der Waals surface area contributed by atoms with Crippen LogP contribution in [0.1, 0.15) is 19.0 Å². The van der Waals surface area contributed by atoms with Crippen LogP contribution in [0.3, 0.4) is 0 Å². The fraction of sp³-hybridized carbons (Fsp3) is 0.533. The van der Waals surface area contributed by atoms with E-state index in [1.54, 1.807) is 6.20 Å². The van der Waals surface area contributed by atoms with Crippen molar-refractivity contribution in [1.29, 1.82) is 0 Å². The van der Waals surface area contributed by atoms with Gasteiger partial charge in [0, 0.05) is 45.3 Å². The SMILES string of the molecule is C/C(=N\NC(=O)CCN1CCN(C)CC1)c1ccccn1.Cl. The number of rotatable bonds is 5. The molecule has 1 aliphatic heterocycles. The molecule has 7 heteroatoms. The number of hydrogen-bond acceptors (Lipinski definition) is 5. The number of aromatic nitrogens is 1. The van der Waals surface area contributed by atoms with Gasteiger partial charge < -0.3 is 9.80 Å². The second kappa shape index (κ2) is 9.50. The topological polar surface area (TPSA) is 60.8 Å². The Bertz CT molecular complexity index is 486. The van der Waals surface area contributed by atoms with E-state index in [1.807, 2.05) is 25.1 Å². The monoisotopic (exact) mass is 325 g/mol. The smallest absolute Gasteiger partial charge is 0.241 e. The third kappa shape index (κ3) is 6.09. The first-order valence-corrected chi connectivity index (χ1v) is 7.30. The molecular formula is C15H24ClN5O. The summed E-state index contributed by atoms with van der Waals surface area (Å²) in [6.07, 6.45) is 2.19. The number of pyridine rings is 1. The van der Waals surface area contributed by atoms with Gasteiger partial charge >= 0.3 is 0 Å². The number of piperazine rings is 1. The number of likely N-dealkylation sites (N-methyl/N-ethyl adjacent to an activating group) is 1. The Labute approximate surface area is 138 Å². The fourth-order valence-electron chi connectivity index (χ4n) is 2.17. The van der Waals surface area contributed by atoms with E-state index >= 15 is 0 Å². The summed E-state index contributed by atoms with van der Waals surface area (Å²) in [5.41, 5.74) is 4.09. The van der Waals surface area contributed by atoms with Crippen molar-refractivity contribution in [2.45, 2.75) is 13.3 Å². The van der Waals surface area contributed by atoms with Gasteiger partial charge in [-0.15, -0.1) is 12.4 Å². The normalized spacial score (nSPS) is 16.9. The highest BCUT2D eigenvalue weighted by Crippen LogP contribution is 2.00. The molecule has 1 aromatic rings. The first-order chi connectivity index (χ1) is 10.1. The average molecular weight is 326 g/mol. The minimum absolute atomic E-state index is 0. The van der Waals surface area contributed by atoms with Crippen molar-refractivity contribution in [2.24, 2.45) is 5.10 Å². The molecule has 0 spiro atoms. The highest BCUT2D eigenvalue weighted by Gasteiger charge is 2.14. The Morgan fingerprint density at radius 3 is 2.68 bits per heavy atom. The van der Waals surface area contributed by atoms with Crippen LogP contribution in [0.25, 0.3) is 0 Å². The minimum atomic E-state index is -0.0517. The Kier molecular flexibility index (Phi) is 8.01. The zero-order valence-electron chi connectivity index (χ0n) is 13.2. The highest BCUT2D eigenvalue weighted by molar-refractivity contribution is 5.97. The molecule has 2 heterocycles. The zero-order chi connectivity index (χ0) is 15.1. The summed E-state index contributed by atoms with van der Waals surface area (Å²) >= 11 is 0. The lowest BCUT2D eigenvalue weighted by Gasteiger charge is -2.32. The van der Waals surface area contributed by atoms with Crippen molar-refractivity contribution in [3.8, 4) is 0 Å². The van der Waals surface area contributed by atoms with Crippen LogP contribution in [-0.4, -0.2) is 66.2 Å². The summed E-state index contributed by atoms with van der Waals surface area (Å²) in [4.78, 5) is 20.6. The summed E-state index contributed by atoms with van der Waals surface area (Å²) in [6, 6.07) is 5.62. The summed E-state index contributed by atoms with van der Waals surface area (Å²) in [6.45, 7) is 6.82. The van der Waals surface area contributed by atoms with Gasteiger partial charge in [-0.05, 0) is 26.1 Å². The summed E-state index contributed by atoms with van der Waals surface area (Å²) in [5.74, 6) is -0.0517. The first-order valence-electron chi connectivity index (χ1n) is 7.30. The Morgan fingerprint density at radius 2 is 2.05 bits per heavy atom. The third-order valence-electron chi connectivity index (χ3n) is 3.63. The van der Waals surface area contributed by atoms with E-state index in [4.69, 9.17) is 0 Å². The lowest BCUT2D eigenvalue weighted by Crippen LogP contribution is -2.45. The number of hydrazone groups is 1. The number of hydrogen-bond donors (Lipinski definition) is 1. The van der Waals surface area contributed by atoms with E-state index in [0.29, 0.717) is 12.1 Å². The third-order valence-corrected chi connectivity index (χ3v) is 3.63. The lowest BCUT2D eigenvalue weighted by atomic mass is 10.3. The molecule has 22 heavy (non-hydrogen) atoms. The van der Waals surface area contributed by atoms with E-state index < -0.39 is 0 Å². The molecule has 122 valence electrons. The highest BCUT2D eigenvalue weighted by atomic mass is 35.5. The molecule has 1 saturated heterocycles. The molecular weight excluding hydrogens is 302 g/mol. The Hall–Kier alpha value is -1.50. The van der Waals surface area contributed by atoms with Crippen LogP contribution in [0.4, 0.5) is 0 Å².